The van der Waals surface area contributed by atoms with Crippen molar-refractivity contribution in [2.24, 2.45) is 5.10 Å². The molecule has 1 aliphatic rings. The number of hydrogen-bond donors (Lipinski definition) is 1. The number of ether oxygens (including phenoxy) is 3. The van der Waals surface area contributed by atoms with Crippen molar-refractivity contribution in [3.63, 3.8) is 0 Å². The monoisotopic (exact) mass is 495 g/mol. The van der Waals surface area contributed by atoms with Gasteiger partial charge >= 0.3 is 0 Å². The maximum absolute atomic E-state index is 12.5. The minimum absolute atomic E-state index is 0.00953. The number of rotatable bonds is 8. The lowest BCUT2D eigenvalue weighted by Crippen LogP contribution is -2.17. The van der Waals surface area contributed by atoms with Crippen molar-refractivity contribution in [1.82, 2.24) is 5.43 Å². The van der Waals surface area contributed by atoms with Gasteiger partial charge in [-0.05, 0) is 35.4 Å². The molecule has 0 unspecified atom stereocenters. The van der Waals surface area contributed by atoms with Crippen LogP contribution in [0.5, 0.6) is 17.2 Å². The van der Waals surface area contributed by atoms with Crippen LogP contribution >= 0.6 is 0 Å². The molecular formula is C28H21N3O6. The number of nitro groups is 1. The standard InChI is InChI=1S/C28H21N3O6/c32-28(30-29-16-22-14-26-27(37-18-36-26)15-24(22)31(33)34)21-12-10-19(11-13-21)17-35-25-9-5-4-8-23(25)20-6-2-1-3-7-20/h1-16H,17-18H2,(H,30,32)/b29-16+. The van der Waals surface area contributed by atoms with E-state index in [4.69, 9.17) is 14.2 Å². The second-order valence-electron chi connectivity index (χ2n) is 8.07. The van der Waals surface area contributed by atoms with E-state index in [0.717, 1.165) is 22.4 Å². The Morgan fingerprint density at radius 1 is 0.973 bits per heavy atom. The minimum Gasteiger partial charge on any atom is -0.488 e. The summed E-state index contributed by atoms with van der Waals surface area (Å²) in [5.74, 6) is 0.979. The number of fused-ring (bicyclic) bond motifs is 1. The first-order valence-electron chi connectivity index (χ1n) is 11.4. The molecule has 37 heavy (non-hydrogen) atoms. The molecule has 0 spiro atoms. The van der Waals surface area contributed by atoms with Gasteiger partial charge in [-0.3, -0.25) is 14.9 Å². The first kappa shape index (κ1) is 23.6. The van der Waals surface area contributed by atoms with Crippen LogP contribution in [0.2, 0.25) is 0 Å². The third-order valence-electron chi connectivity index (χ3n) is 5.67. The number of nitro benzene ring substituents is 1. The lowest BCUT2D eigenvalue weighted by atomic mass is 10.0. The molecule has 4 aromatic rings. The van der Waals surface area contributed by atoms with Crippen molar-refractivity contribution in [3.8, 4) is 28.4 Å². The van der Waals surface area contributed by atoms with E-state index in [2.05, 4.69) is 10.5 Å². The van der Waals surface area contributed by atoms with Crippen LogP contribution in [0.15, 0.2) is 96.1 Å². The lowest BCUT2D eigenvalue weighted by Gasteiger charge is -2.12. The molecule has 0 aliphatic carbocycles. The van der Waals surface area contributed by atoms with Crippen molar-refractivity contribution in [2.45, 2.75) is 6.61 Å². The highest BCUT2D eigenvalue weighted by Crippen LogP contribution is 2.37. The highest BCUT2D eigenvalue weighted by atomic mass is 16.7. The Morgan fingerprint density at radius 2 is 1.68 bits per heavy atom. The Morgan fingerprint density at radius 3 is 2.43 bits per heavy atom. The molecule has 5 rings (SSSR count). The number of amides is 1. The highest BCUT2D eigenvalue weighted by Gasteiger charge is 2.22. The number of carbonyl (C=O) groups excluding carboxylic acids is 1. The van der Waals surface area contributed by atoms with Crippen LogP contribution in [0.4, 0.5) is 5.69 Å². The van der Waals surface area contributed by atoms with Crippen molar-refractivity contribution in [2.75, 3.05) is 6.79 Å². The molecule has 0 saturated heterocycles. The van der Waals surface area contributed by atoms with Crippen molar-refractivity contribution in [1.29, 1.82) is 0 Å². The Hall–Kier alpha value is -5.18. The molecule has 1 amide bonds. The number of hydrogen-bond acceptors (Lipinski definition) is 7. The number of carbonyl (C=O) groups is 1. The van der Waals surface area contributed by atoms with Gasteiger partial charge in [0, 0.05) is 11.1 Å². The third-order valence-corrected chi connectivity index (χ3v) is 5.67. The molecule has 0 fully saturated rings. The van der Waals surface area contributed by atoms with Gasteiger partial charge in [0.05, 0.1) is 22.8 Å². The number of nitrogens with zero attached hydrogens (tertiary/aromatic N) is 2. The third kappa shape index (κ3) is 5.40. The Labute approximate surface area is 212 Å². The second kappa shape index (κ2) is 10.6. The van der Waals surface area contributed by atoms with Gasteiger partial charge in [0.2, 0.25) is 6.79 Å². The smallest absolute Gasteiger partial charge is 0.282 e. The van der Waals surface area contributed by atoms with E-state index in [-0.39, 0.29) is 18.0 Å². The summed E-state index contributed by atoms with van der Waals surface area (Å²) in [6.45, 7) is 0.322. The van der Waals surface area contributed by atoms with E-state index in [1.54, 1.807) is 24.3 Å². The van der Waals surface area contributed by atoms with Gasteiger partial charge in [0.1, 0.15) is 12.4 Å². The largest absolute Gasteiger partial charge is 0.488 e. The Kier molecular flexibility index (Phi) is 6.76. The predicted molar refractivity (Wildman–Crippen MR) is 137 cm³/mol. The molecule has 184 valence electrons. The molecular weight excluding hydrogens is 474 g/mol. The van der Waals surface area contributed by atoms with Gasteiger partial charge in [-0.1, -0.05) is 60.7 Å². The molecule has 0 aromatic heterocycles. The van der Waals surface area contributed by atoms with E-state index in [1.165, 1.54) is 18.3 Å². The molecule has 0 radical (unpaired) electrons. The normalized spacial score (nSPS) is 11.9. The Bertz CT molecular complexity index is 1470. The van der Waals surface area contributed by atoms with Crippen LogP contribution in [-0.4, -0.2) is 23.8 Å². The van der Waals surface area contributed by atoms with E-state index in [9.17, 15) is 14.9 Å². The molecule has 1 heterocycles. The van der Waals surface area contributed by atoms with Gasteiger partial charge in [-0.15, -0.1) is 0 Å². The van der Waals surface area contributed by atoms with Crippen LogP contribution in [0.3, 0.4) is 0 Å². The summed E-state index contributed by atoms with van der Waals surface area (Å²) in [6.07, 6.45) is 1.20. The number of benzene rings is 4. The maximum Gasteiger partial charge on any atom is 0.282 e. The number of hydrazone groups is 1. The first-order valence-corrected chi connectivity index (χ1v) is 11.4. The maximum atomic E-state index is 12.5. The summed E-state index contributed by atoms with van der Waals surface area (Å²) in [4.78, 5) is 23.3. The van der Waals surface area contributed by atoms with Crippen molar-refractivity contribution in [3.05, 3.63) is 118 Å². The quantitative estimate of drug-likeness (QED) is 0.201. The zero-order valence-electron chi connectivity index (χ0n) is 19.5. The molecule has 4 aromatic carbocycles. The summed E-state index contributed by atoms with van der Waals surface area (Å²) >= 11 is 0. The average Bonchev–Trinajstić information content (AvgIpc) is 3.40. The zero-order valence-corrected chi connectivity index (χ0v) is 19.5. The van der Waals surface area contributed by atoms with Gasteiger partial charge in [0.25, 0.3) is 11.6 Å². The zero-order chi connectivity index (χ0) is 25.6. The van der Waals surface area contributed by atoms with Crippen LogP contribution in [0.25, 0.3) is 11.1 Å². The average molecular weight is 495 g/mol. The molecule has 9 nitrogen and oxygen atoms in total. The molecule has 0 bridgehead atoms. The van der Waals surface area contributed by atoms with Crippen LogP contribution < -0.4 is 19.6 Å². The summed E-state index contributed by atoms with van der Waals surface area (Å²) in [5.41, 5.74) is 5.69. The lowest BCUT2D eigenvalue weighted by molar-refractivity contribution is -0.385. The number of nitrogens with one attached hydrogen (secondary N) is 1. The van der Waals surface area contributed by atoms with Gasteiger partial charge in [0.15, 0.2) is 11.5 Å². The van der Waals surface area contributed by atoms with Gasteiger partial charge < -0.3 is 14.2 Å². The van der Waals surface area contributed by atoms with E-state index < -0.39 is 10.8 Å². The summed E-state index contributed by atoms with van der Waals surface area (Å²) in [7, 11) is 0. The molecule has 9 heteroatoms. The van der Waals surface area contributed by atoms with Crippen LogP contribution in [0, 0.1) is 10.1 Å². The fraction of sp³-hybridized carbons (Fsp3) is 0.0714. The fourth-order valence-electron chi connectivity index (χ4n) is 3.80. The molecule has 1 aliphatic heterocycles. The van der Waals surface area contributed by atoms with E-state index in [1.807, 2.05) is 54.6 Å². The van der Waals surface area contributed by atoms with Gasteiger partial charge in [-0.2, -0.15) is 5.10 Å². The minimum atomic E-state index is -0.551. The van der Waals surface area contributed by atoms with Crippen molar-refractivity contribution >= 4 is 17.8 Å². The van der Waals surface area contributed by atoms with Gasteiger partial charge in [-0.25, -0.2) is 5.43 Å². The number of para-hydroxylation sites is 1. The first-order chi connectivity index (χ1) is 18.1. The molecule has 1 N–H and O–H groups in total. The molecule has 0 atom stereocenters. The van der Waals surface area contributed by atoms with Crippen LogP contribution in [0.1, 0.15) is 21.5 Å². The summed E-state index contributed by atoms with van der Waals surface area (Å²) in [6, 6.07) is 27.5. The Balaban J connectivity index is 1.21. The summed E-state index contributed by atoms with van der Waals surface area (Å²) in [5, 5.41) is 15.2. The molecule has 0 saturated carbocycles. The van der Waals surface area contributed by atoms with E-state index in [0.29, 0.717) is 23.7 Å². The predicted octanol–water partition coefficient (Wildman–Crippen LogP) is 5.33. The van der Waals surface area contributed by atoms with Crippen molar-refractivity contribution < 1.29 is 23.9 Å². The second-order valence-corrected chi connectivity index (χ2v) is 8.07. The van der Waals surface area contributed by atoms with Crippen LogP contribution in [-0.2, 0) is 6.61 Å². The summed E-state index contributed by atoms with van der Waals surface area (Å²) < 4.78 is 16.5. The fourth-order valence-corrected chi connectivity index (χ4v) is 3.80. The highest BCUT2D eigenvalue weighted by molar-refractivity contribution is 5.95. The SMILES string of the molecule is O=C(N/N=C/c1cc2c(cc1[N+](=O)[O-])OCO2)c1ccc(COc2ccccc2-c2ccccc2)cc1. The van der Waals surface area contributed by atoms with E-state index >= 15 is 0 Å². The topological polar surface area (TPSA) is 112 Å².